The third kappa shape index (κ3) is 2.40. The van der Waals surface area contributed by atoms with Crippen LogP contribution in [0.3, 0.4) is 0 Å². The fourth-order valence-electron chi connectivity index (χ4n) is 2.04. The van der Waals surface area contributed by atoms with Gasteiger partial charge in [-0.25, -0.2) is 4.98 Å². The Hall–Kier alpha value is -2.06. The number of nitrogens with zero attached hydrogens (tertiary/aromatic N) is 1. The van der Waals surface area contributed by atoms with Crippen molar-refractivity contribution in [2.24, 2.45) is 0 Å². The zero-order chi connectivity index (χ0) is 13.2. The molecule has 94 valence electrons. The largest absolute Gasteiger partial charge is 0.338 e. The molecule has 3 rings (SSSR count). The molecule has 2 nitrogen and oxygen atoms in total. The summed E-state index contributed by atoms with van der Waals surface area (Å²) < 4.78 is 0. The number of rotatable bonds is 2. The Morgan fingerprint density at radius 1 is 1.05 bits per heavy atom. The quantitative estimate of drug-likeness (QED) is 0.717. The highest BCUT2D eigenvalue weighted by Gasteiger charge is 2.08. The molecule has 2 aromatic carbocycles. The summed E-state index contributed by atoms with van der Waals surface area (Å²) in [4.78, 5) is 7.74. The van der Waals surface area contributed by atoms with Gasteiger partial charge in [-0.1, -0.05) is 53.6 Å². The van der Waals surface area contributed by atoms with Gasteiger partial charge in [-0.3, -0.25) is 0 Å². The van der Waals surface area contributed by atoms with Gasteiger partial charge in [-0.05, 0) is 24.6 Å². The van der Waals surface area contributed by atoms with Crippen molar-refractivity contribution in [3.8, 4) is 22.6 Å². The van der Waals surface area contributed by atoms with E-state index in [1.165, 1.54) is 0 Å². The van der Waals surface area contributed by atoms with Crippen LogP contribution < -0.4 is 0 Å². The number of halogens is 1. The first-order valence-corrected chi connectivity index (χ1v) is 6.49. The Bertz CT molecular complexity index is 702. The van der Waals surface area contributed by atoms with Crippen LogP contribution >= 0.6 is 11.6 Å². The van der Waals surface area contributed by atoms with E-state index < -0.39 is 0 Å². The highest BCUT2D eigenvalue weighted by molar-refractivity contribution is 6.33. The minimum atomic E-state index is 0.708. The van der Waals surface area contributed by atoms with E-state index in [9.17, 15) is 0 Å². The number of hydrogen-bond donors (Lipinski definition) is 1. The topological polar surface area (TPSA) is 28.7 Å². The molecule has 0 unspecified atom stereocenters. The SMILES string of the molecule is Cc1ccc(Cl)c(-c2ncc(-c3ccccc3)[nH]2)c1. The lowest BCUT2D eigenvalue weighted by molar-refractivity contribution is 1.30. The van der Waals surface area contributed by atoms with Crippen molar-refractivity contribution in [3.05, 3.63) is 65.3 Å². The van der Waals surface area contributed by atoms with E-state index in [4.69, 9.17) is 11.6 Å². The van der Waals surface area contributed by atoms with Gasteiger partial charge >= 0.3 is 0 Å². The maximum absolute atomic E-state index is 6.23. The zero-order valence-electron chi connectivity index (χ0n) is 10.5. The van der Waals surface area contributed by atoms with Gasteiger partial charge in [0.25, 0.3) is 0 Å². The third-order valence-electron chi connectivity index (χ3n) is 3.04. The van der Waals surface area contributed by atoms with E-state index in [0.717, 1.165) is 28.2 Å². The standard InChI is InChI=1S/C16H13ClN2/c1-11-7-8-14(17)13(9-11)16-18-10-15(19-16)12-5-3-2-4-6-12/h2-10H,1H3,(H,18,19). The van der Waals surface area contributed by atoms with Crippen molar-refractivity contribution in [3.63, 3.8) is 0 Å². The van der Waals surface area contributed by atoms with Crippen LogP contribution in [0, 0.1) is 6.92 Å². The Morgan fingerprint density at radius 3 is 2.63 bits per heavy atom. The van der Waals surface area contributed by atoms with Crippen LogP contribution in [0.4, 0.5) is 0 Å². The molecule has 0 aliphatic heterocycles. The molecule has 19 heavy (non-hydrogen) atoms. The van der Waals surface area contributed by atoms with Crippen molar-refractivity contribution in [1.82, 2.24) is 9.97 Å². The van der Waals surface area contributed by atoms with Crippen molar-refractivity contribution in [1.29, 1.82) is 0 Å². The predicted octanol–water partition coefficient (Wildman–Crippen LogP) is 4.71. The van der Waals surface area contributed by atoms with E-state index in [2.05, 4.69) is 22.1 Å². The molecule has 3 aromatic rings. The predicted molar refractivity (Wildman–Crippen MR) is 79.2 cm³/mol. The normalized spacial score (nSPS) is 10.6. The second kappa shape index (κ2) is 4.90. The van der Waals surface area contributed by atoms with Crippen molar-refractivity contribution >= 4 is 11.6 Å². The van der Waals surface area contributed by atoms with Crippen LogP contribution in [0.25, 0.3) is 22.6 Å². The Balaban J connectivity index is 2.04. The zero-order valence-corrected chi connectivity index (χ0v) is 11.3. The smallest absolute Gasteiger partial charge is 0.139 e. The Labute approximate surface area is 117 Å². The van der Waals surface area contributed by atoms with Crippen molar-refractivity contribution < 1.29 is 0 Å². The molecule has 0 atom stereocenters. The first kappa shape index (κ1) is 12.0. The van der Waals surface area contributed by atoms with Gasteiger partial charge < -0.3 is 4.98 Å². The number of nitrogens with one attached hydrogen (secondary N) is 1. The fraction of sp³-hybridized carbons (Fsp3) is 0.0625. The number of H-pyrrole nitrogens is 1. The van der Waals surface area contributed by atoms with Gasteiger partial charge in [0.1, 0.15) is 5.82 Å². The van der Waals surface area contributed by atoms with Crippen molar-refractivity contribution in [2.45, 2.75) is 6.92 Å². The molecule has 0 saturated heterocycles. The van der Waals surface area contributed by atoms with Crippen molar-refractivity contribution in [2.75, 3.05) is 0 Å². The van der Waals surface area contributed by atoms with E-state index in [-0.39, 0.29) is 0 Å². The maximum atomic E-state index is 6.23. The molecule has 0 amide bonds. The molecule has 0 bridgehead atoms. The summed E-state index contributed by atoms with van der Waals surface area (Å²) >= 11 is 6.23. The van der Waals surface area contributed by atoms with Crippen LogP contribution in [0.1, 0.15) is 5.56 Å². The second-order valence-electron chi connectivity index (χ2n) is 4.49. The van der Waals surface area contributed by atoms with E-state index in [1.54, 1.807) is 0 Å². The molecule has 0 radical (unpaired) electrons. The minimum Gasteiger partial charge on any atom is -0.338 e. The second-order valence-corrected chi connectivity index (χ2v) is 4.90. The Morgan fingerprint density at radius 2 is 1.84 bits per heavy atom. The van der Waals surface area contributed by atoms with Gasteiger partial charge in [0.2, 0.25) is 0 Å². The molecule has 1 N–H and O–H groups in total. The molecule has 1 aromatic heterocycles. The minimum absolute atomic E-state index is 0.708. The van der Waals surface area contributed by atoms with Crippen LogP contribution in [-0.2, 0) is 0 Å². The highest BCUT2D eigenvalue weighted by Crippen LogP contribution is 2.28. The van der Waals surface area contributed by atoms with E-state index in [1.807, 2.05) is 49.5 Å². The van der Waals surface area contributed by atoms with Gasteiger partial charge in [-0.15, -0.1) is 0 Å². The lowest BCUT2D eigenvalue weighted by Gasteiger charge is -2.02. The average molecular weight is 269 g/mol. The Kier molecular flexibility index (Phi) is 3.10. The summed E-state index contributed by atoms with van der Waals surface area (Å²) in [6, 6.07) is 16.0. The third-order valence-corrected chi connectivity index (χ3v) is 3.37. The highest BCUT2D eigenvalue weighted by atomic mass is 35.5. The summed E-state index contributed by atoms with van der Waals surface area (Å²) in [5, 5.41) is 0.708. The number of hydrogen-bond acceptors (Lipinski definition) is 1. The molecule has 3 heteroatoms. The summed E-state index contributed by atoms with van der Waals surface area (Å²) in [7, 11) is 0. The first-order chi connectivity index (χ1) is 9.24. The van der Waals surface area contributed by atoms with Gasteiger partial charge in [-0.2, -0.15) is 0 Å². The first-order valence-electron chi connectivity index (χ1n) is 6.11. The van der Waals surface area contributed by atoms with E-state index in [0.29, 0.717) is 5.02 Å². The monoisotopic (exact) mass is 268 g/mol. The number of aryl methyl sites for hydroxylation is 1. The van der Waals surface area contributed by atoms with Gasteiger partial charge in [0.15, 0.2) is 0 Å². The van der Waals surface area contributed by atoms with Crippen LogP contribution in [0.15, 0.2) is 54.7 Å². The lowest BCUT2D eigenvalue weighted by atomic mass is 10.1. The summed E-state index contributed by atoms with van der Waals surface area (Å²) in [5.41, 5.74) is 4.21. The van der Waals surface area contributed by atoms with Crippen LogP contribution in [0.5, 0.6) is 0 Å². The molecular weight excluding hydrogens is 256 g/mol. The molecule has 0 aliphatic rings. The lowest BCUT2D eigenvalue weighted by Crippen LogP contribution is -1.84. The maximum Gasteiger partial charge on any atom is 0.139 e. The van der Waals surface area contributed by atoms with E-state index >= 15 is 0 Å². The number of aromatic nitrogens is 2. The van der Waals surface area contributed by atoms with Crippen LogP contribution in [0.2, 0.25) is 5.02 Å². The van der Waals surface area contributed by atoms with Gasteiger partial charge in [0, 0.05) is 5.56 Å². The molecule has 1 heterocycles. The fourth-order valence-corrected chi connectivity index (χ4v) is 2.25. The number of benzene rings is 2. The molecule has 0 aliphatic carbocycles. The van der Waals surface area contributed by atoms with Crippen LogP contribution in [-0.4, -0.2) is 9.97 Å². The number of imidazole rings is 1. The van der Waals surface area contributed by atoms with Gasteiger partial charge in [0.05, 0.1) is 16.9 Å². The summed E-state index contributed by atoms with van der Waals surface area (Å²) in [6.45, 7) is 2.04. The molecule has 0 fully saturated rings. The molecule has 0 spiro atoms. The number of aromatic amines is 1. The summed E-state index contributed by atoms with van der Waals surface area (Å²) in [6.07, 6.45) is 1.84. The average Bonchev–Trinajstić information content (AvgIpc) is 2.92. The summed E-state index contributed by atoms with van der Waals surface area (Å²) in [5.74, 6) is 0.799. The molecular formula is C16H13ClN2. The molecule has 0 saturated carbocycles.